The van der Waals surface area contributed by atoms with Gasteiger partial charge in [-0.2, -0.15) is 5.10 Å². The number of carbonyl (C=O) groups excluding carboxylic acids is 2. The maximum absolute atomic E-state index is 12.3. The molecule has 146 valence electrons. The third-order valence-electron chi connectivity index (χ3n) is 4.30. The number of rotatable bonds is 5. The summed E-state index contributed by atoms with van der Waals surface area (Å²) in [4.78, 5) is 25.6. The Balaban J connectivity index is 1.68. The first-order valence-corrected chi connectivity index (χ1v) is 10.0. The monoisotopic (exact) mass is 416 g/mol. The number of anilines is 1. The van der Waals surface area contributed by atoms with E-state index in [2.05, 4.69) is 15.7 Å². The molecule has 1 aromatic carbocycles. The standard InChI is InChI=1S/C20H21ClN4O2S/c1-12-6-7-15(10-16(12)21)23-20(27)19(26)22-11-17(18-5-4-8-28-18)25-14(3)9-13(2)24-25/h4-10,17H,11H2,1-3H3,(H,22,26)(H,23,27). The number of benzene rings is 1. The maximum atomic E-state index is 12.3. The second-order valence-electron chi connectivity index (χ2n) is 6.53. The van der Waals surface area contributed by atoms with Crippen molar-refractivity contribution >= 4 is 40.4 Å². The maximum Gasteiger partial charge on any atom is 0.313 e. The minimum atomic E-state index is -0.738. The molecule has 28 heavy (non-hydrogen) atoms. The fourth-order valence-electron chi connectivity index (χ4n) is 2.88. The summed E-state index contributed by atoms with van der Waals surface area (Å²) in [7, 11) is 0. The molecule has 0 saturated carbocycles. The van der Waals surface area contributed by atoms with E-state index >= 15 is 0 Å². The Bertz CT molecular complexity index is 998. The summed E-state index contributed by atoms with van der Waals surface area (Å²) in [6.45, 7) is 6.01. The molecular weight excluding hydrogens is 396 g/mol. The number of amides is 2. The minimum absolute atomic E-state index is 0.181. The van der Waals surface area contributed by atoms with Gasteiger partial charge in [-0.05, 0) is 56.0 Å². The van der Waals surface area contributed by atoms with E-state index < -0.39 is 11.8 Å². The highest BCUT2D eigenvalue weighted by Crippen LogP contribution is 2.24. The summed E-state index contributed by atoms with van der Waals surface area (Å²) in [5.41, 5.74) is 3.26. The third-order valence-corrected chi connectivity index (χ3v) is 5.68. The van der Waals surface area contributed by atoms with Crippen molar-refractivity contribution in [1.82, 2.24) is 15.1 Å². The summed E-state index contributed by atoms with van der Waals surface area (Å²) in [5.74, 6) is -1.45. The average Bonchev–Trinajstić information content (AvgIpc) is 3.28. The van der Waals surface area contributed by atoms with Crippen LogP contribution in [0.5, 0.6) is 0 Å². The fraction of sp³-hybridized carbons (Fsp3) is 0.250. The molecule has 0 aliphatic carbocycles. The SMILES string of the molecule is Cc1cc(C)n(C(CNC(=O)C(=O)Nc2ccc(C)c(Cl)c2)c2cccs2)n1. The lowest BCUT2D eigenvalue weighted by molar-refractivity contribution is -0.136. The van der Waals surface area contributed by atoms with Crippen LogP contribution < -0.4 is 10.6 Å². The third kappa shape index (κ3) is 4.61. The van der Waals surface area contributed by atoms with Gasteiger partial charge in [-0.15, -0.1) is 11.3 Å². The predicted molar refractivity (Wildman–Crippen MR) is 112 cm³/mol. The zero-order valence-electron chi connectivity index (χ0n) is 15.8. The first kappa shape index (κ1) is 20.1. The van der Waals surface area contributed by atoms with Crippen LogP contribution >= 0.6 is 22.9 Å². The highest BCUT2D eigenvalue weighted by atomic mass is 35.5. The van der Waals surface area contributed by atoms with Gasteiger partial charge in [-0.1, -0.05) is 23.7 Å². The molecule has 0 spiro atoms. The topological polar surface area (TPSA) is 76.0 Å². The lowest BCUT2D eigenvalue weighted by atomic mass is 10.2. The normalized spacial score (nSPS) is 11.9. The molecule has 0 aliphatic rings. The van der Waals surface area contributed by atoms with Crippen molar-refractivity contribution in [3.63, 3.8) is 0 Å². The second kappa shape index (κ2) is 8.58. The molecule has 3 rings (SSSR count). The van der Waals surface area contributed by atoms with E-state index in [1.165, 1.54) is 0 Å². The Hall–Kier alpha value is -2.64. The van der Waals surface area contributed by atoms with Crippen molar-refractivity contribution in [3.05, 3.63) is 68.6 Å². The van der Waals surface area contributed by atoms with E-state index in [0.29, 0.717) is 10.7 Å². The van der Waals surface area contributed by atoms with Crippen LogP contribution in [0.4, 0.5) is 5.69 Å². The van der Waals surface area contributed by atoms with Crippen LogP contribution in [0.2, 0.25) is 5.02 Å². The van der Waals surface area contributed by atoms with Gasteiger partial charge in [0.05, 0.1) is 5.69 Å². The zero-order chi connectivity index (χ0) is 20.3. The van der Waals surface area contributed by atoms with Gasteiger partial charge in [0, 0.05) is 27.8 Å². The van der Waals surface area contributed by atoms with Crippen LogP contribution in [-0.2, 0) is 9.59 Å². The highest BCUT2D eigenvalue weighted by Gasteiger charge is 2.21. The summed E-state index contributed by atoms with van der Waals surface area (Å²) < 4.78 is 1.87. The number of hydrogen-bond acceptors (Lipinski definition) is 4. The Kier molecular flexibility index (Phi) is 6.16. The molecule has 3 aromatic rings. The smallest absolute Gasteiger partial charge is 0.313 e. The van der Waals surface area contributed by atoms with E-state index in [0.717, 1.165) is 21.8 Å². The Morgan fingerprint density at radius 1 is 1.18 bits per heavy atom. The first-order valence-electron chi connectivity index (χ1n) is 8.76. The number of nitrogens with zero attached hydrogens (tertiary/aromatic N) is 2. The fourth-order valence-corrected chi connectivity index (χ4v) is 3.87. The van der Waals surface area contributed by atoms with Crippen LogP contribution in [0, 0.1) is 20.8 Å². The summed E-state index contributed by atoms with van der Waals surface area (Å²) in [6.07, 6.45) is 0. The van der Waals surface area contributed by atoms with E-state index in [-0.39, 0.29) is 12.6 Å². The van der Waals surface area contributed by atoms with Crippen molar-refractivity contribution in [2.75, 3.05) is 11.9 Å². The Morgan fingerprint density at radius 3 is 2.57 bits per heavy atom. The molecule has 0 saturated heterocycles. The Labute approximate surface area is 172 Å². The van der Waals surface area contributed by atoms with Crippen LogP contribution in [-0.4, -0.2) is 28.1 Å². The van der Waals surface area contributed by atoms with E-state index in [9.17, 15) is 9.59 Å². The average molecular weight is 417 g/mol. The summed E-state index contributed by atoms with van der Waals surface area (Å²) in [6, 6.07) is 10.9. The lowest BCUT2D eigenvalue weighted by Gasteiger charge is -2.18. The number of thiophene rings is 1. The van der Waals surface area contributed by atoms with Gasteiger partial charge in [0.25, 0.3) is 0 Å². The molecular formula is C20H21ClN4O2S. The van der Waals surface area contributed by atoms with Crippen LogP contribution in [0.25, 0.3) is 0 Å². The predicted octanol–water partition coefficient (Wildman–Crippen LogP) is 3.87. The van der Waals surface area contributed by atoms with Gasteiger partial charge in [0.15, 0.2) is 0 Å². The summed E-state index contributed by atoms with van der Waals surface area (Å²) >= 11 is 7.64. The van der Waals surface area contributed by atoms with Crippen molar-refractivity contribution in [3.8, 4) is 0 Å². The van der Waals surface area contributed by atoms with Crippen molar-refractivity contribution in [2.45, 2.75) is 26.8 Å². The second-order valence-corrected chi connectivity index (χ2v) is 7.92. The van der Waals surface area contributed by atoms with Gasteiger partial charge >= 0.3 is 11.8 Å². The van der Waals surface area contributed by atoms with E-state index in [1.54, 1.807) is 29.5 Å². The van der Waals surface area contributed by atoms with E-state index in [1.807, 2.05) is 49.0 Å². The molecule has 8 heteroatoms. The van der Waals surface area contributed by atoms with E-state index in [4.69, 9.17) is 11.6 Å². The number of nitrogens with one attached hydrogen (secondary N) is 2. The molecule has 0 bridgehead atoms. The molecule has 2 amide bonds. The van der Waals surface area contributed by atoms with Gasteiger partial charge in [0.2, 0.25) is 0 Å². The first-order chi connectivity index (χ1) is 13.3. The number of carbonyl (C=O) groups is 2. The molecule has 0 radical (unpaired) electrons. The quantitative estimate of drug-likeness (QED) is 0.620. The minimum Gasteiger partial charge on any atom is -0.345 e. The molecule has 6 nitrogen and oxygen atoms in total. The lowest BCUT2D eigenvalue weighted by Crippen LogP contribution is -2.39. The largest absolute Gasteiger partial charge is 0.345 e. The van der Waals surface area contributed by atoms with Crippen LogP contribution in [0.15, 0.2) is 41.8 Å². The number of hydrogen-bond donors (Lipinski definition) is 2. The van der Waals surface area contributed by atoms with Gasteiger partial charge < -0.3 is 10.6 Å². The van der Waals surface area contributed by atoms with Crippen molar-refractivity contribution in [2.24, 2.45) is 0 Å². The molecule has 1 atom stereocenters. The van der Waals surface area contributed by atoms with Crippen LogP contribution in [0.3, 0.4) is 0 Å². The van der Waals surface area contributed by atoms with Gasteiger partial charge in [0.1, 0.15) is 6.04 Å². The number of halogens is 1. The highest BCUT2D eigenvalue weighted by molar-refractivity contribution is 7.10. The number of aromatic nitrogens is 2. The van der Waals surface area contributed by atoms with Crippen molar-refractivity contribution in [1.29, 1.82) is 0 Å². The van der Waals surface area contributed by atoms with Gasteiger partial charge in [-0.25, -0.2) is 0 Å². The molecule has 2 N–H and O–H groups in total. The Morgan fingerprint density at radius 2 is 1.96 bits per heavy atom. The number of aryl methyl sites for hydroxylation is 3. The molecule has 0 fully saturated rings. The van der Waals surface area contributed by atoms with Crippen molar-refractivity contribution < 1.29 is 9.59 Å². The molecule has 1 unspecified atom stereocenters. The molecule has 0 aliphatic heterocycles. The van der Waals surface area contributed by atoms with Crippen LogP contribution in [0.1, 0.15) is 27.9 Å². The molecule has 2 aromatic heterocycles. The zero-order valence-corrected chi connectivity index (χ0v) is 17.4. The molecule has 2 heterocycles. The summed E-state index contributed by atoms with van der Waals surface area (Å²) in [5, 5.41) is 12.3. The van der Waals surface area contributed by atoms with Gasteiger partial charge in [-0.3, -0.25) is 14.3 Å².